The summed E-state index contributed by atoms with van der Waals surface area (Å²) in [5.41, 5.74) is 10.3. The van der Waals surface area contributed by atoms with E-state index >= 15 is 0 Å². The number of hydrogen-bond donors (Lipinski definition) is 2. The number of amides is 1. The Labute approximate surface area is 161 Å². The van der Waals surface area contributed by atoms with E-state index in [0.29, 0.717) is 0 Å². The number of benzene rings is 2. The normalized spacial score (nSPS) is 23.5. The quantitative estimate of drug-likeness (QED) is 0.874. The Hall–Kier alpha value is -2.21. The van der Waals surface area contributed by atoms with Crippen molar-refractivity contribution >= 4 is 5.91 Å². The van der Waals surface area contributed by atoms with E-state index in [1.54, 1.807) is 0 Å². The molecule has 27 heavy (non-hydrogen) atoms. The summed E-state index contributed by atoms with van der Waals surface area (Å²) >= 11 is 0. The second kappa shape index (κ2) is 8.21. The number of aryl methyl sites for hydroxylation is 1. The molecule has 142 valence electrons. The van der Waals surface area contributed by atoms with E-state index in [1.165, 1.54) is 16.7 Å². The second-order valence-corrected chi connectivity index (χ2v) is 7.63. The largest absolute Gasteiger partial charge is 0.339 e. The van der Waals surface area contributed by atoms with Gasteiger partial charge in [-0.3, -0.25) is 9.69 Å². The summed E-state index contributed by atoms with van der Waals surface area (Å²) in [5, 5.41) is 0. The minimum absolute atomic E-state index is 0.142. The maximum absolute atomic E-state index is 12.9. The van der Waals surface area contributed by atoms with Gasteiger partial charge in [-0.05, 0) is 24.5 Å². The standard InChI is InChI=1S/C22H28N4O/c1-17-7-9-19(10-8-17)20-15-21(24-23-20)22(27)26-13-11-25(12-14-26)16-18-5-3-2-4-6-18/h2-10,20-21,23-24H,11-16H2,1H3. The smallest absolute Gasteiger partial charge is 0.241 e. The maximum Gasteiger partial charge on any atom is 0.241 e. The monoisotopic (exact) mass is 364 g/mol. The van der Waals surface area contributed by atoms with Gasteiger partial charge in [0.1, 0.15) is 6.04 Å². The zero-order valence-electron chi connectivity index (χ0n) is 15.9. The molecule has 2 atom stereocenters. The molecule has 2 N–H and O–H groups in total. The highest BCUT2D eigenvalue weighted by Gasteiger charge is 2.34. The number of hydrogen-bond acceptors (Lipinski definition) is 4. The van der Waals surface area contributed by atoms with Crippen LogP contribution in [0.5, 0.6) is 0 Å². The van der Waals surface area contributed by atoms with Gasteiger partial charge in [-0.15, -0.1) is 0 Å². The molecule has 2 aromatic rings. The number of nitrogens with one attached hydrogen (secondary N) is 2. The first-order chi connectivity index (χ1) is 13.2. The van der Waals surface area contributed by atoms with Gasteiger partial charge in [0.25, 0.3) is 0 Å². The summed E-state index contributed by atoms with van der Waals surface area (Å²) in [5.74, 6) is 0.219. The first-order valence-electron chi connectivity index (χ1n) is 9.82. The molecule has 2 unspecified atom stereocenters. The van der Waals surface area contributed by atoms with Crippen LogP contribution < -0.4 is 10.9 Å². The van der Waals surface area contributed by atoms with Crippen LogP contribution in [0.15, 0.2) is 54.6 Å². The number of hydrazine groups is 1. The molecule has 5 nitrogen and oxygen atoms in total. The van der Waals surface area contributed by atoms with Crippen molar-refractivity contribution in [2.75, 3.05) is 26.2 Å². The van der Waals surface area contributed by atoms with Gasteiger partial charge in [0, 0.05) is 38.8 Å². The van der Waals surface area contributed by atoms with Crippen LogP contribution in [0, 0.1) is 6.92 Å². The highest BCUT2D eigenvalue weighted by Crippen LogP contribution is 2.23. The molecule has 4 rings (SSSR count). The Balaban J connectivity index is 1.28. The molecule has 0 radical (unpaired) electrons. The fourth-order valence-electron chi connectivity index (χ4n) is 3.92. The lowest BCUT2D eigenvalue weighted by molar-refractivity contribution is -0.135. The second-order valence-electron chi connectivity index (χ2n) is 7.63. The molecular formula is C22H28N4O. The summed E-state index contributed by atoms with van der Waals surface area (Å²) in [6.07, 6.45) is 0.798. The highest BCUT2D eigenvalue weighted by atomic mass is 16.2. The lowest BCUT2D eigenvalue weighted by Gasteiger charge is -2.35. The molecule has 2 aliphatic rings. The molecule has 2 fully saturated rings. The first kappa shape index (κ1) is 18.2. The van der Waals surface area contributed by atoms with Crippen LogP contribution in [0.3, 0.4) is 0 Å². The van der Waals surface area contributed by atoms with Crippen LogP contribution >= 0.6 is 0 Å². The molecule has 0 spiro atoms. The SMILES string of the molecule is Cc1ccc(C2CC(C(=O)N3CCN(Cc4ccccc4)CC3)NN2)cc1. The molecule has 1 amide bonds. The van der Waals surface area contributed by atoms with Crippen LogP contribution in [-0.4, -0.2) is 47.9 Å². The van der Waals surface area contributed by atoms with E-state index in [-0.39, 0.29) is 18.0 Å². The van der Waals surface area contributed by atoms with Crippen molar-refractivity contribution in [3.8, 4) is 0 Å². The molecular weight excluding hydrogens is 336 g/mol. The average molecular weight is 364 g/mol. The van der Waals surface area contributed by atoms with Crippen molar-refractivity contribution in [2.24, 2.45) is 0 Å². The highest BCUT2D eigenvalue weighted by molar-refractivity contribution is 5.82. The number of piperazine rings is 1. The van der Waals surface area contributed by atoms with Gasteiger partial charge in [0.2, 0.25) is 5.91 Å². The van der Waals surface area contributed by atoms with E-state index < -0.39 is 0 Å². The van der Waals surface area contributed by atoms with Crippen molar-refractivity contribution in [3.05, 3.63) is 71.3 Å². The van der Waals surface area contributed by atoms with E-state index in [1.807, 2.05) is 11.0 Å². The molecule has 0 aromatic heterocycles. The predicted molar refractivity (Wildman–Crippen MR) is 107 cm³/mol. The predicted octanol–water partition coefficient (Wildman–Crippen LogP) is 2.25. The molecule has 5 heteroatoms. The Kier molecular flexibility index (Phi) is 5.53. The number of rotatable bonds is 4. The summed E-state index contributed by atoms with van der Waals surface area (Å²) < 4.78 is 0. The number of carbonyl (C=O) groups excluding carboxylic acids is 1. The van der Waals surface area contributed by atoms with E-state index in [9.17, 15) is 4.79 Å². The van der Waals surface area contributed by atoms with Crippen LogP contribution in [0.4, 0.5) is 0 Å². The minimum Gasteiger partial charge on any atom is -0.339 e. The number of carbonyl (C=O) groups is 1. The van der Waals surface area contributed by atoms with E-state index in [2.05, 4.69) is 71.2 Å². The summed E-state index contributed by atoms with van der Waals surface area (Å²) in [4.78, 5) is 17.3. The third kappa shape index (κ3) is 4.38. The zero-order chi connectivity index (χ0) is 18.6. The molecule has 0 aliphatic carbocycles. The fraction of sp³-hybridized carbons (Fsp3) is 0.409. The fourth-order valence-corrected chi connectivity index (χ4v) is 3.92. The number of nitrogens with zero attached hydrogens (tertiary/aromatic N) is 2. The third-order valence-corrected chi connectivity index (χ3v) is 5.61. The molecule has 2 saturated heterocycles. The van der Waals surface area contributed by atoms with Gasteiger partial charge >= 0.3 is 0 Å². The van der Waals surface area contributed by atoms with Crippen LogP contribution in [-0.2, 0) is 11.3 Å². The van der Waals surface area contributed by atoms with Gasteiger partial charge in [0.15, 0.2) is 0 Å². The topological polar surface area (TPSA) is 47.6 Å². The van der Waals surface area contributed by atoms with E-state index in [4.69, 9.17) is 0 Å². The van der Waals surface area contributed by atoms with Crippen molar-refractivity contribution in [3.63, 3.8) is 0 Å². The van der Waals surface area contributed by atoms with Crippen molar-refractivity contribution in [1.82, 2.24) is 20.7 Å². The third-order valence-electron chi connectivity index (χ3n) is 5.61. The van der Waals surface area contributed by atoms with Gasteiger partial charge in [-0.25, -0.2) is 10.9 Å². The molecule has 2 aliphatic heterocycles. The maximum atomic E-state index is 12.9. The lowest BCUT2D eigenvalue weighted by atomic mass is 10.0. The Morgan fingerprint density at radius 3 is 2.37 bits per heavy atom. The lowest BCUT2D eigenvalue weighted by Crippen LogP contribution is -2.53. The summed E-state index contributed by atoms with van der Waals surface area (Å²) in [6, 6.07) is 19.1. The summed E-state index contributed by atoms with van der Waals surface area (Å²) in [7, 11) is 0. The molecule has 2 aromatic carbocycles. The minimum atomic E-state index is -0.142. The van der Waals surface area contributed by atoms with Crippen molar-refractivity contribution in [2.45, 2.75) is 32.0 Å². The Morgan fingerprint density at radius 2 is 1.67 bits per heavy atom. The van der Waals surface area contributed by atoms with Gasteiger partial charge in [0.05, 0.1) is 0 Å². The van der Waals surface area contributed by atoms with Gasteiger partial charge in [-0.1, -0.05) is 60.2 Å². The molecule has 2 heterocycles. The van der Waals surface area contributed by atoms with Crippen LogP contribution in [0.25, 0.3) is 0 Å². The van der Waals surface area contributed by atoms with Gasteiger partial charge in [-0.2, -0.15) is 0 Å². The molecule has 0 saturated carbocycles. The first-order valence-corrected chi connectivity index (χ1v) is 9.82. The average Bonchev–Trinajstić information content (AvgIpc) is 3.20. The summed E-state index contributed by atoms with van der Waals surface area (Å²) in [6.45, 7) is 6.53. The van der Waals surface area contributed by atoms with Crippen LogP contribution in [0.1, 0.15) is 29.2 Å². The Bertz CT molecular complexity index is 754. The molecule has 0 bridgehead atoms. The van der Waals surface area contributed by atoms with Gasteiger partial charge < -0.3 is 4.90 Å². The zero-order valence-corrected chi connectivity index (χ0v) is 15.9. The Morgan fingerprint density at radius 1 is 0.963 bits per heavy atom. The van der Waals surface area contributed by atoms with Crippen LogP contribution in [0.2, 0.25) is 0 Å². The van der Waals surface area contributed by atoms with Crippen molar-refractivity contribution in [1.29, 1.82) is 0 Å². The van der Waals surface area contributed by atoms with E-state index in [0.717, 1.165) is 39.1 Å². The van der Waals surface area contributed by atoms with Crippen molar-refractivity contribution < 1.29 is 4.79 Å².